The Labute approximate surface area is 187 Å². The van der Waals surface area contributed by atoms with Crippen LogP contribution in [0.1, 0.15) is 11.8 Å². The van der Waals surface area contributed by atoms with Crippen molar-refractivity contribution in [2.24, 2.45) is 0 Å². The summed E-state index contributed by atoms with van der Waals surface area (Å²) in [6.45, 7) is 2.98. The van der Waals surface area contributed by atoms with Crippen molar-refractivity contribution in [3.63, 3.8) is 0 Å². The molecule has 1 N–H and O–H groups in total. The van der Waals surface area contributed by atoms with E-state index < -0.39 is 36.7 Å². The zero-order chi connectivity index (χ0) is 22.1. The highest BCUT2D eigenvalue weighted by atomic mass is 35.5. The number of benzene rings is 1. The quantitative estimate of drug-likeness (QED) is 0.625. The molecule has 0 amide bonds. The topological polar surface area (TPSA) is 106 Å². The van der Waals surface area contributed by atoms with Gasteiger partial charge in [-0.25, -0.2) is 16.8 Å². The molecule has 1 aromatic heterocycles. The van der Waals surface area contributed by atoms with E-state index in [-0.39, 0.29) is 16.7 Å². The lowest BCUT2D eigenvalue weighted by molar-refractivity contribution is 0.0113. The summed E-state index contributed by atoms with van der Waals surface area (Å²) in [6.07, 6.45) is 1.59. The highest BCUT2D eigenvalue weighted by Gasteiger charge is 2.46. The Morgan fingerprint density at radius 3 is 2.48 bits per heavy atom. The number of ether oxygens (including phenoxy) is 1. The molecule has 2 aromatic rings. The molecule has 0 radical (unpaired) electrons. The van der Waals surface area contributed by atoms with E-state index >= 15 is 0 Å². The van der Waals surface area contributed by atoms with Gasteiger partial charge in [0.1, 0.15) is 5.76 Å². The van der Waals surface area contributed by atoms with Crippen LogP contribution in [-0.2, 0) is 24.4 Å². The minimum Gasteiger partial charge on any atom is -0.468 e. The Balaban J connectivity index is 1.55. The minimum absolute atomic E-state index is 0.0709. The number of halogens is 1. The molecule has 3 atom stereocenters. The van der Waals surface area contributed by atoms with Crippen molar-refractivity contribution < 1.29 is 26.0 Å². The largest absolute Gasteiger partial charge is 0.468 e. The predicted octanol–water partition coefficient (Wildman–Crippen LogP) is 1.54. The van der Waals surface area contributed by atoms with Crippen molar-refractivity contribution in [1.82, 2.24) is 10.2 Å². The molecule has 0 bridgehead atoms. The number of nitrogens with zero attached hydrogens (tertiary/aromatic N) is 1. The van der Waals surface area contributed by atoms with Crippen LogP contribution in [0.2, 0.25) is 5.02 Å². The first-order valence-electron chi connectivity index (χ1n) is 10.0. The maximum Gasteiger partial charge on any atom is 0.183 e. The number of nitrogens with one attached hydrogen (secondary N) is 1. The van der Waals surface area contributed by atoms with Crippen LogP contribution >= 0.6 is 11.6 Å². The summed E-state index contributed by atoms with van der Waals surface area (Å²) in [4.78, 5) is 2.27. The van der Waals surface area contributed by atoms with Crippen molar-refractivity contribution in [3.05, 3.63) is 53.4 Å². The Kier molecular flexibility index (Phi) is 6.76. The van der Waals surface area contributed by atoms with Gasteiger partial charge in [0.2, 0.25) is 0 Å². The maximum atomic E-state index is 13.2. The molecule has 31 heavy (non-hydrogen) atoms. The van der Waals surface area contributed by atoms with Crippen LogP contribution in [-0.4, -0.2) is 77.4 Å². The third-order valence-corrected chi connectivity index (χ3v) is 10.2. The molecule has 1 aromatic carbocycles. The fraction of sp³-hybridized carbons (Fsp3) is 0.500. The molecule has 2 saturated heterocycles. The van der Waals surface area contributed by atoms with Crippen LogP contribution in [0, 0.1) is 0 Å². The summed E-state index contributed by atoms with van der Waals surface area (Å²) in [6, 6.07) is 8.62. The number of morpholine rings is 1. The second kappa shape index (κ2) is 9.21. The van der Waals surface area contributed by atoms with Crippen molar-refractivity contribution in [1.29, 1.82) is 0 Å². The van der Waals surface area contributed by atoms with Gasteiger partial charge in [-0.15, -0.1) is 0 Å². The molecule has 2 aliphatic heterocycles. The number of rotatable bonds is 7. The lowest BCUT2D eigenvalue weighted by Crippen LogP contribution is -2.48. The molecule has 11 heteroatoms. The fourth-order valence-electron chi connectivity index (χ4n) is 4.15. The van der Waals surface area contributed by atoms with Crippen molar-refractivity contribution in [2.75, 3.05) is 44.4 Å². The van der Waals surface area contributed by atoms with Gasteiger partial charge in [0.15, 0.2) is 19.7 Å². The average Bonchev–Trinajstić information content (AvgIpc) is 3.37. The summed E-state index contributed by atoms with van der Waals surface area (Å²) in [5.74, 6) is 0.115. The van der Waals surface area contributed by atoms with Crippen molar-refractivity contribution in [3.8, 4) is 0 Å². The summed E-state index contributed by atoms with van der Waals surface area (Å²) in [5, 5.41) is 2.58. The van der Waals surface area contributed by atoms with E-state index in [1.54, 1.807) is 12.3 Å². The molecule has 2 aliphatic rings. The van der Waals surface area contributed by atoms with E-state index in [9.17, 15) is 16.8 Å². The third-order valence-electron chi connectivity index (χ3n) is 5.77. The highest BCUT2D eigenvalue weighted by Crippen LogP contribution is 2.28. The minimum atomic E-state index is -3.86. The SMILES string of the molecule is O=S1(=O)C[C@H](NCC(c2ccco2)N2CCOCC2)[C@@H](S(=O)(=O)c2ccc(Cl)cc2)C1. The predicted molar refractivity (Wildman–Crippen MR) is 117 cm³/mol. The van der Waals surface area contributed by atoms with Crippen LogP contribution in [0.15, 0.2) is 52.0 Å². The van der Waals surface area contributed by atoms with Gasteiger partial charge in [-0.05, 0) is 36.4 Å². The smallest absolute Gasteiger partial charge is 0.183 e. The van der Waals surface area contributed by atoms with E-state index in [1.165, 1.54) is 24.3 Å². The van der Waals surface area contributed by atoms with Gasteiger partial charge in [-0.2, -0.15) is 0 Å². The maximum absolute atomic E-state index is 13.2. The molecular weight excluding hydrogens is 464 g/mol. The highest BCUT2D eigenvalue weighted by molar-refractivity contribution is 7.96. The van der Waals surface area contributed by atoms with Gasteiger partial charge >= 0.3 is 0 Å². The van der Waals surface area contributed by atoms with Crippen LogP contribution in [0.3, 0.4) is 0 Å². The van der Waals surface area contributed by atoms with E-state index in [4.69, 9.17) is 20.8 Å². The average molecular weight is 489 g/mol. The Hall–Kier alpha value is -1.43. The lowest BCUT2D eigenvalue weighted by Gasteiger charge is -2.34. The lowest BCUT2D eigenvalue weighted by atomic mass is 10.1. The molecular formula is C20H25ClN2O6S2. The van der Waals surface area contributed by atoms with Gasteiger partial charge in [-0.3, -0.25) is 4.90 Å². The number of furan rings is 1. The standard InChI is InChI=1S/C20H25ClN2O6S2/c21-15-3-5-16(6-4-15)31(26,27)20-14-30(24,25)13-17(20)22-12-18(19-2-1-9-29-19)23-7-10-28-11-8-23/h1-6,9,17-18,20,22H,7-8,10-14H2/t17-,18?,20-/m0/s1. The first-order valence-corrected chi connectivity index (χ1v) is 13.8. The molecule has 4 rings (SSSR count). The van der Waals surface area contributed by atoms with Gasteiger partial charge < -0.3 is 14.5 Å². The zero-order valence-electron chi connectivity index (χ0n) is 16.8. The van der Waals surface area contributed by atoms with Crippen LogP contribution in [0.25, 0.3) is 0 Å². The van der Waals surface area contributed by atoms with Crippen LogP contribution in [0.4, 0.5) is 0 Å². The molecule has 0 spiro atoms. The zero-order valence-corrected chi connectivity index (χ0v) is 19.2. The van der Waals surface area contributed by atoms with E-state index in [0.717, 1.165) is 5.76 Å². The Morgan fingerprint density at radius 2 is 1.84 bits per heavy atom. The van der Waals surface area contributed by atoms with Gasteiger partial charge in [-0.1, -0.05) is 11.6 Å². The monoisotopic (exact) mass is 488 g/mol. The summed E-state index contributed by atoms with van der Waals surface area (Å²) in [7, 11) is -7.35. The second-order valence-electron chi connectivity index (χ2n) is 7.81. The van der Waals surface area contributed by atoms with E-state index in [2.05, 4.69) is 10.2 Å². The molecule has 1 unspecified atom stereocenters. The van der Waals surface area contributed by atoms with Gasteiger partial charge in [0, 0.05) is 30.7 Å². The molecule has 170 valence electrons. The van der Waals surface area contributed by atoms with E-state index in [0.29, 0.717) is 37.9 Å². The van der Waals surface area contributed by atoms with Gasteiger partial charge in [0.05, 0.1) is 47.2 Å². The summed E-state index contributed by atoms with van der Waals surface area (Å²) < 4.78 is 62.3. The van der Waals surface area contributed by atoms with Crippen molar-refractivity contribution in [2.45, 2.75) is 22.2 Å². The molecule has 2 fully saturated rings. The van der Waals surface area contributed by atoms with E-state index in [1.807, 2.05) is 6.07 Å². The summed E-state index contributed by atoms with van der Waals surface area (Å²) >= 11 is 5.88. The number of sulfone groups is 2. The molecule has 8 nitrogen and oxygen atoms in total. The number of hydrogen-bond acceptors (Lipinski definition) is 8. The summed E-state index contributed by atoms with van der Waals surface area (Å²) in [5.41, 5.74) is 0. The normalized spacial score (nSPS) is 25.5. The number of hydrogen-bond donors (Lipinski definition) is 1. The molecule has 3 heterocycles. The first kappa shape index (κ1) is 22.8. The Morgan fingerprint density at radius 1 is 1.13 bits per heavy atom. The van der Waals surface area contributed by atoms with Gasteiger partial charge in [0.25, 0.3) is 0 Å². The third kappa shape index (κ3) is 5.15. The fourth-order valence-corrected chi connectivity index (χ4v) is 9.00. The first-order chi connectivity index (χ1) is 14.8. The Bertz CT molecular complexity index is 1080. The second-order valence-corrected chi connectivity index (χ2v) is 12.6. The molecule has 0 aliphatic carbocycles. The van der Waals surface area contributed by atoms with Crippen LogP contribution in [0.5, 0.6) is 0 Å². The van der Waals surface area contributed by atoms with Crippen molar-refractivity contribution >= 4 is 31.3 Å². The molecule has 0 saturated carbocycles. The van der Waals surface area contributed by atoms with Crippen LogP contribution < -0.4 is 5.32 Å².